The third kappa shape index (κ3) is 3.36. The first-order valence-electron chi connectivity index (χ1n) is 5.46. The van der Waals surface area contributed by atoms with E-state index in [1.807, 2.05) is 31.2 Å². The van der Waals surface area contributed by atoms with Crippen LogP contribution < -0.4 is 5.32 Å². The van der Waals surface area contributed by atoms with Gasteiger partial charge in [0.25, 0.3) is 0 Å². The quantitative estimate of drug-likeness (QED) is 0.801. The second kappa shape index (κ2) is 5.72. The highest BCUT2D eigenvalue weighted by atomic mass is 14.8. The van der Waals surface area contributed by atoms with Crippen LogP contribution in [0.5, 0.6) is 0 Å². The number of hydrogen-bond acceptors (Lipinski definition) is 3. The minimum atomic E-state index is 0.0688. The van der Waals surface area contributed by atoms with Crippen molar-refractivity contribution in [3.05, 3.63) is 41.1 Å². The fourth-order valence-corrected chi connectivity index (χ4v) is 1.39. The van der Waals surface area contributed by atoms with Crippen molar-refractivity contribution in [1.29, 1.82) is 10.5 Å². The third-order valence-corrected chi connectivity index (χ3v) is 2.54. The van der Waals surface area contributed by atoms with E-state index in [1.54, 1.807) is 0 Å². The fourth-order valence-electron chi connectivity index (χ4n) is 1.39. The van der Waals surface area contributed by atoms with Crippen LogP contribution in [0.1, 0.15) is 30.9 Å². The van der Waals surface area contributed by atoms with Crippen LogP contribution in [0.4, 0.5) is 5.69 Å². The summed E-state index contributed by atoms with van der Waals surface area (Å²) in [6, 6.07) is 9.80. The lowest BCUT2D eigenvalue weighted by Crippen LogP contribution is -1.96. The molecule has 0 radical (unpaired) electrons. The van der Waals surface area contributed by atoms with Gasteiger partial charge < -0.3 is 5.32 Å². The lowest BCUT2D eigenvalue weighted by molar-refractivity contribution is 0.866. The van der Waals surface area contributed by atoms with Gasteiger partial charge in [-0.25, -0.2) is 0 Å². The van der Waals surface area contributed by atoms with Gasteiger partial charge in [-0.05, 0) is 30.0 Å². The Hall–Kier alpha value is -2.26. The van der Waals surface area contributed by atoms with Crippen molar-refractivity contribution < 1.29 is 0 Å². The van der Waals surface area contributed by atoms with Crippen LogP contribution in [0.15, 0.2) is 30.0 Å². The standard InChI is InChI=1S/C14H15N3/c1-10(2)13-5-4-11(3)14(6-13)17-9-12(7-15)8-16/h4-6,9-10,17H,1-3H3. The lowest BCUT2D eigenvalue weighted by atomic mass is 10.0. The van der Waals surface area contributed by atoms with Crippen molar-refractivity contribution in [3.63, 3.8) is 0 Å². The molecular weight excluding hydrogens is 210 g/mol. The van der Waals surface area contributed by atoms with Gasteiger partial charge in [0.1, 0.15) is 17.7 Å². The molecule has 0 heterocycles. The Morgan fingerprint density at radius 2 is 1.94 bits per heavy atom. The van der Waals surface area contributed by atoms with E-state index < -0.39 is 0 Å². The van der Waals surface area contributed by atoms with Crippen LogP contribution in [0.25, 0.3) is 0 Å². The van der Waals surface area contributed by atoms with Crippen molar-refractivity contribution in [3.8, 4) is 12.1 Å². The number of nitrogens with zero attached hydrogens (tertiary/aromatic N) is 2. The molecule has 0 aromatic heterocycles. The van der Waals surface area contributed by atoms with Gasteiger partial charge in [-0.3, -0.25) is 0 Å². The predicted molar refractivity (Wildman–Crippen MR) is 68.2 cm³/mol. The second-order valence-electron chi connectivity index (χ2n) is 4.16. The molecule has 0 fully saturated rings. The molecule has 1 aromatic carbocycles. The minimum absolute atomic E-state index is 0.0688. The highest BCUT2D eigenvalue weighted by molar-refractivity contribution is 5.56. The van der Waals surface area contributed by atoms with Crippen LogP contribution in [0.2, 0.25) is 0 Å². The fraction of sp³-hybridized carbons (Fsp3) is 0.286. The number of hydrogen-bond donors (Lipinski definition) is 1. The summed E-state index contributed by atoms with van der Waals surface area (Å²) in [4.78, 5) is 0. The van der Waals surface area contributed by atoms with E-state index in [4.69, 9.17) is 10.5 Å². The predicted octanol–water partition coefficient (Wildman–Crippen LogP) is 3.46. The summed E-state index contributed by atoms with van der Waals surface area (Å²) >= 11 is 0. The molecule has 0 bridgehead atoms. The summed E-state index contributed by atoms with van der Waals surface area (Å²) in [7, 11) is 0. The molecule has 0 aliphatic rings. The van der Waals surface area contributed by atoms with Gasteiger partial charge >= 0.3 is 0 Å². The average molecular weight is 225 g/mol. The van der Waals surface area contributed by atoms with Crippen molar-refractivity contribution in [2.75, 3.05) is 5.32 Å². The monoisotopic (exact) mass is 225 g/mol. The van der Waals surface area contributed by atoms with E-state index >= 15 is 0 Å². The van der Waals surface area contributed by atoms with Crippen LogP contribution in [0, 0.1) is 29.6 Å². The Balaban J connectivity index is 3.00. The molecule has 0 atom stereocenters. The second-order valence-corrected chi connectivity index (χ2v) is 4.16. The number of anilines is 1. The van der Waals surface area contributed by atoms with E-state index in [0.29, 0.717) is 5.92 Å². The van der Waals surface area contributed by atoms with Crippen LogP contribution >= 0.6 is 0 Å². The minimum Gasteiger partial charge on any atom is -0.360 e. The molecule has 0 aliphatic heterocycles. The summed E-state index contributed by atoms with van der Waals surface area (Å²) in [5.41, 5.74) is 3.31. The van der Waals surface area contributed by atoms with Crippen molar-refractivity contribution in [2.24, 2.45) is 0 Å². The van der Waals surface area contributed by atoms with Gasteiger partial charge in [0, 0.05) is 11.9 Å². The summed E-state index contributed by atoms with van der Waals surface area (Å²) in [5.74, 6) is 0.450. The molecule has 1 rings (SSSR count). The third-order valence-electron chi connectivity index (χ3n) is 2.54. The summed E-state index contributed by atoms with van der Waals surface area (Å²) < 4.78 is 0. The van der Waals surface area contributed by atoms with Crippen molar-refractivity contribution >= 4 is 5.69 Å². The maximum Gasteiger partial charge on any atom is 0.145 e. The maximum absolute atomic E-state index is 8.64. The highest BCUT2D eigenvalue weighted by Crippen LogP contribution is 2.22. The summed E-state index contributed by atoms with van der Waals surface area (Å²) in [5, 5.41) is 20.3. The first-order chi connectivity index (χ1) is 8.08. The molecule has 3 nitrogen and oxygen atoms in total. The van der Waals surface area contributed by atoms with Crippen LogP contribution in [-0.2, 0) is 0 Å². The number of nitrogens with one attached hydrogen (secondary N) is 1. The van der Waals surface area contributed by atoms with Gasteiger partial charge in [-0.2, -0.15) is 10.5 Å². The number of nitriles is 2. The molecule has 0 aliphatic carbocycles. The molecule has 0 saturated carbocycles. The SMILES string of the molecule is Cc1ccc(C(C)C)cc1NC=C(C#N)C#N. The van der Waals surface area contributed by atoms with Gasteiger partial charge in [-0.1, -0.05) is 26.0 Å². The molecule has 0 unspecified atom stereocenters. The number of rotatable bonds is 3. The Bertz CT molecular complexity index is 497. The highest BCUT2D eigenvalue weighted by Gasteiger charge is 2.03. The molecule has 1 aromatic rings. The zero-order valence-corrected chi connectivity index (χ0v) is 10.3. The average Bonchev–Trinajstić information content (AvgIpc) is 2.32. The van der Waals surface area contributed by atoms with E-state index in [2.05, 4.69) is 25.2 Å². The van der Waals surface area contributed by atoms with E-state index in [0.717, 1.165) is 11.3 Å². The smallest absolute Gasteiger partial charge is 0.145 e. The summed E-state index contributed by atoms with van der Waals surface area (Å²) in [6.45, 7) is 6.24. The lowest BCUT2D eigenvalue weighted by Gasteiger charge is -2.10. The molecule has 86 valence electrons. The number of allylic oxidation sites excluding steroid dienone is 1. The summed E-state index contributed by atoms with van der Waals surface area (Å²) in [6.07, 6.45) is 1.44. The first-order valence-corrected chi connectivity index (χ1v) is 5.46. The van der Waals surface area contributed by atoms with Crippen molar-refractivity contribution in [2.45, 2.75) is 26.7 Å². The number of aryl methyl sites for hydroxylation is 1. The molecule has 1 N–H and O–H groups in total. The van der Waals surface area contributed by atoms with Gasteiger partial charge in [0.15, 0.2) is 0 Å². The van der Waals surface area contributed by atoms with E-state index in [-0.39, 0.29) is 5.57 Å². The largest absolute Gasteiger partial charge is 0.360 e. The Kier molecular flexibility index (Phi) is 4.31. The normalized spacial score (nSPS) is 9.29. The Labute approximate surface area is 102 Å². The van der Waals surface area contributed by atoms with E-state index in [1.165, 1.54) is 11.8 Å². The zero-order valence-electron chi connectivity index (χ0n) is 10.3. The maximum atomic E-state index is 8.64. The van der Waals surface area contributed by atoms with Crippen molar-refractivity contribution in [1.82, 2.24) is 0 Å². The van der Waals surface area contributed by atoms with Gasteiger partial charge in [-0.15, -0.1) is 0 Å². The van der Waals surface area contributed by atoms with E-state index in [9.17, 15) is 0 Å². The molecule has 0 amide bonds. The number of benzene rings is 1. The molecule has 0 spiro atoms. The Morgan fingerprint density at radius 1 is 1.29 bits per heavy atom. The molecule has 0 saturated heterocycles. The van der Waals surface area contributed by atoms with Gasteiger partial charge in [0.2, 0.25) is 0 Å². The topological polar surface area (TPSA) is 59.6 Å². The Morgan fingerprint density at radius 3 is 2.47 bits per heavy atom. The molecule has 17 heavy (non-hydrogen) atoms. The molecule has 3 heteroatoms. The van der Waals surface area contributed by atoms with Crippen LogP contribution in [0.3, 0.4) is 0 Å². The molecular formula is C14H15N3. The van der Waals surface area contributed by atoms with Crippen LogP contribution in [-0.4, -0.2) is 0 Å². The first kappa shape index (κ1) is 12.8. The van der Waals surface area contributed by atoms with Gasteiger partial charge in [0.05, 0.1) is 0 Å². The zero-order chi connectivity index (χ0) is 12.8.